The molecule has 2 aliphatic heterocycles. The number of cyclic esters (lactones) is 1. The second-order valence-corrected chi connectivity index (χ2v) is 9.40. The predicted molar refractivity (Wildman–Crippen MR) is 123 cm³/mol. The largest absolute Gasteiger partial charge is 0.446 e. The number of ketones is 1. The van der Waals surface area contributed by atoms with Crippen molar-refractivity contribution in [3.8, 4) is 0 Å². The highest BCUT2D eigenvalue weighted by Gasteiger charge is 2.47. The number of carbonyl (C=O) groups excluding carboxylic acids is 3. The van der Waals surface area contributed by atoms with Crippen molar-refractivity contribution in [1.82, 2.24) is 15.1 Å². The van der Waals surface area contributed by atoms with Crippen LogP contribution in [0, 0.1) is 11.6 Å². The van der Waals surface area contributed by atoms with Crippen LogP contribution in [0.3, 0.4) is 0 Å². The minimum Gasteiger partial charge on any atom is -0.446 e. The van der Waals surface area contributed by atoms with Crippen LogP contribution in [-0.4, -0.2) is 60.5 Å². The van der Waals surface area contributed by atoms with Crippen LogP contribution in [0.2, 0.25) is 0 Å². The summed E-state index contributed by atoms with van der Waals surface area (Å²) in [6.07, 6.45) is 1.96. The van der Waals surface area contributed by atoms with E-state index in [1.165, 1.54) is 11.6 Å². The fraction of sp³-hybridized carbons (Fsp3) is 0.423. The van der Waals surface area contributed by atoms with Crippen LogP contribution in [0.15, 0.2) is 42.5 Å². The highest BCUT2D eigenvalue weighted by atomic mass is 19.2. The van der Waals surface area contributed by atoms with Gasteiger partial charge in [0.2, 0.25) is 0 Å². The van der Waals surface area contributed by atoms with Gasteiger partial charge in [-0.15, -0.1) is 0 Å². The number of benzene rings is 2. The molecule has 1 aliphatic carbocycles. The van der Waals surface area contributed by atoms with Crippen LogP contribution in [-0.2, 0) is 21.4 Å². The van der Waals surface area contributed by atoms with Gasteiger partial charge in [-0.25, -0.2) is 23.3 Å². The summed E-state index contributed by atoms with van der Waals surface area (Å²) in [5, 5.41) is 2.73. The number of rotatable bonds is 5. The van der Waals surface area contributed by atoms with Gasteiger partial charge in [0.25, 0.3) is 0 Å². The van der Waals surface area contributed by atoms with Gasteiger partial charge in [0.05, 0.1) is 5.41 Å². The van der Waals surface area contributed by atoms with E-state index in [4.69, 9.17) is 4.74 Å². The maximum absolute atomic E-state index is 13.6. The first kappa shape index (κ1) is 23.4. The summed E-state index contributed by atoms with van der Waals surface area (Å²) in [4.78, 5) is 40.8. The number of halogens is 2. The van der Waals surface area contributed by atoms with Crippen LogP contribution in [0.4, 0.5) is 18.4 Å². The van der Waals surface area contributed by atoms with Gasteiger partial charge in [-0.05, 0) is 67.7 Å². The highest BCUT2D eigenvalue weighted by molar-refractivity contribution is 5.96. The van der Waals surface area contributed by atoms with Gasteiger partial charge in [-0.3, -0.25) is 4.79 Å². The molecule has 184 valence electrons. The smallest absolute Gasteiger partial charge is 0.418 e. The molecule has 1 spiro atoms. The molecule has 0 aromatic heterocycles. The molecule has 0 radical (unpaired) electrons. The lowest BCUT2D eigenvalue weighted by Crippen LogP contribution is -2.46. The van der Waals surface area contributed by atoms with E-state index in [1.807, 2.05) is 18.2 Å². The van der Waals surface area contributed by atoms with Crippen molar-refractivity contribution >= 4 is 17.9 Å². The lowest BCUT2D eigenvalue weighted by atomic mass is 9.73. The van der Waals surface area contributed by atoms with E-state index in [0.29, 0.717) is 25.2 Å². The van der Waals surface area contributed by atoms with Crippen molar-refractivity contribution in [3.05, 3.63) is 70.8 Å². The molecule has 3 aliphatic rings. The zero-order chi connectivity index (χ0) is 24.6. The first-order chi connectivity index (χ1) is 16.9. The molecule has 2 aromatic rings. The Labute approximate surface area is 202 Å². The molecule has 1 N–H and O–H groups in total. The Kier molecular flexibility index (Phi) is 6.27. The number of piperidine rings is 1. The number of amides is 3. The number of hydrogen-bond donors (Lipinski definition) is 1. The number of imide groups is 1. The Morgan fingerprint density at radius 1 is 1.09 bits per heavy atom. The molecule has 0 bridgehead atoms. The molecule has 35 heavy (non-hydrogen) atoms. The summed E-state index contributed by atoms with van der Waals surface area (Å²) in [6.45, 7) is 2.60. The average molecular weight is 484 g/mol. The van der Waals surface area contributed by atoms with Crippen LogP contribution in [0.25, 0.3) is 0 Å². The number of Topliss-reactive ketones (excluding diaryl/α,β-unsaturated/α-hetero) is 1. The Hall–Kier alpha value is -3.33. The molecule has 2 heterocycles. The topological polar surface area (TPSA) is 79.0 Å². The number of urea groups is 1. The second-order valence-electron chi connectivity index (χ2n) is 9.40. The maximum atomic E-state index is 13.6. The number of nitrogens with one attached hydrogen (secondary N) is 1. The molecule has 1 unspecified atom stereocenters. The normalized spacial score (nSPS) is 21.3. The lowest BCUT2D eigenvalue weighted by molar-refractivity contribution is -0.124. The molecule has 9 heteroatoms. The Morgan fingerprint density at radius 3 is 2.63 bits per heavy atom. The lowest BCUT2D eigenvalue weighted by Gasteiger charge is -2.39. The summed E-state index contributed by atoms with van der Waals surface area (Å²) in [7, 11) is 0. The van der Waals surface area contributed by atoms with Gasteiger partial charge in [-0.1, -0.05) is 30.3 Å². The van der Waals surface area contributed by atoms with Crippen LogP contribution >= 0.6 is 0 Å². The van der Waals surface area contributed by atoms with Gasteiger partial charge < -0.3 is 15.0 Å². The summed E-state index contributed by atoms with van der Waals surface area (Å²) in [5.41, 5.74) is 2.27. The third kappa shape index (κ3) is 4.29. The van der Waals surface area contributed by atoms with Crippen molar-refractivity contribution in [1.29, 1.82) is 0 Å². The van der Waals surface area contributed by atoms with E-state index >= 15 is 0 Å². The molecule has 2 saturated heterocycles. The summed E-state index contributed by atoms with van der Waals surface area (Å²) in [6, 6.07) is 9.94. The van der Waals surface area contributed by atoms with Gasteiger partial charge in [0, 0.05) is 13.0 Å². The Balaban J connectivity index is 1.11. The van der Waals surface area contributed by atoms with Crippen molar-refractivity contribution in [2.24, 2.45) is 0 Å². The summed E-state index contributed by atoms with van der Waals surface area (Å²) in [5.74, 6) is -1.73. The van der Waals surface area contributed by atoms with Gasteiger partial charge >= 0.3 is 12.1 Å². The van der Waals surface area contributed by atoms with E-state index < -0.39 is 29.8 Å². The molecule has 5 rings (SSSR count). The number of ether oxygens (including phenoxy) is 1. The van der Waals surface area contributed by atoms with E-state index in [2.05, 4.69) is 16.3 Å². The third-order valence-electron chi connectivity index (χ3n) is 7.47. The molecule has 1 atom stereocenters. The molecule has 7 nitrogen and oxygen atoms in total. The van der Waals surface area contributed by atoms with Gasteiger partial charge in [-0.2, -0.15) is 0 Å². The van der Waals surface area contributed by atoms with Crippen molar-refractivity contribution in [2.45, 2.75) is 37.1 Å². The van der Waals surface area contributed by atoms with Crippen molar-refractivity contribution < 1.29 is 27.9 Å². The van der Waals surface area contributed by atoms with Gasteiger partial charge in [0.1, 0.15) is 18.4 Å². The summed E-state index contributed by atoms with van der Waals surface area (Å²) >= 11 is 0. The van der Waals surface area contributed by atoms with Gasteiger partial charge in [0.15, 0.2) is 11.6 Å². The van der Waals surface area contributed by atoms with E-state index in [0.717, 1.165) is 55.1 Å². The molecule has 2 aromatic carbocycles. The Bertz CT molecular complexity index is 1160. The molecule has 3 amide bonds. The van der Waals surface area contributed by atoms with Crippen LogP contribution in [0.5, 0.6) is 0 Å². The number of fused-ring (bicyclic) bond motifs is 2. The SMILES string of the molecule is O=C(NCCCN1CCC2(CC1)C(=O)Cc1ccccc12)N1C(=O)OCC1c1ccc(F)c(F)c1. The standard InChI is InChI=1S/C26H27F2N3O4/c27-20-7-6-18(14-21(20)28)22-16-35-25(34)31(22)24(33)29-10-3-11-30-12-8-26(9-13-30)19-5-2-1-4-17(19)15-23(26)32/h1-2,4-7,14,22H,3,8-13,15-16H2,(H,29,33). The molecule has 0 saturated carbocycles. The monoisotopic (exact) mass is 483 g/mol. The summed E-state index contributed by atoms with van der Waals surface area (Å²) < 4.78 is 31.9. The van der Waals surface area contributed by atoms with E-state index in [9.17, 15) is 23.2 Å². The van der Waals surface area contributed by atoms with Crippen LogP contribution < -0.4 is 5.32 Å². The minimum atomic E-state index is -1.05. The zero-order valence-corrected chi connectivity index (χ0v) is 19.3. The first-order valence-corrected chi connectivity index (χ1v) is 11.9. The second kappa shape index (κ2) is 9.37. The first-order valence-electron chi connectivity index (χ1n) is 11.9. The maximum Gasteiger partial charge on any atom is 0.418 e. The average Bonchev–Trinajstić information content (AvgIpc) is 3.37. The van der Waals surface area contributed by atoms with Crippen LogP contribution in [0.1, 0.15) is 42.0 Å². The zero-order valence-electron chi connectivity index (χ0n) is 19.3. The molecular formula is C26H27F2N3O4. The van der Waals surface area contributed by atoms with E-state index in [-0.39, 0.29) is 17.6 Å². The van der Waals surface area contributed by atoms with E-state index in [1.54, 1.807) is 0 Å². The Morgan fingerprint density at radius 2 is 1.86 bits per heavy atom. The fourth-order valence-electron chi connectivity index (χ4n) is 5.53. The molecular weight excluding hydrogens is 456 g/mol. The van der Waals surface area contributed by atoms with Crippen molar-refractivity contribution in [3.63, 3.8) is 0 Å². The highest BCUT2D eigenvalue weighted by Crippen LogP contribution is 2.43. The fourth-order valence-corrected chi connectivity index (χ4v) is 5.53. The third-order valence-corrected chi connectivity index (χ3v) is 7.47. The number of hydrogen-bond acceptors (Lipinski definition) is 5. The number of nitrogens with zero attached hydrogens (tertiary/aromatic N) is 2. The minimum absolute atomic E-state index is 0.116. The number of likely N-dealkylation sites (tertiary alicyclic amines) is 1. The number of carbonyl (C=O) groups is 3. The van der Waals surface area contributed by atoms with Crippen molar-refractivity contribution in [2.75, 3.05) is 32.8 Å². The quantitative estimate of drug-likeness (QED) is 0.656. The molecule has 2 fully saturated rings. The predicted octanol–water partition coefficient (Wildman–Crippen LogP) is 3.72.